The van der Waals surface area contributed by atoms with E-state index in [4.69, 9.17) is 0 Å². The van der Waals surface area contributed by atoms with Crippen LogP contribution in [0.25, 0.3) is 5.69 Å². The van der Waals surface area contributed by atoms with Crippen LogP contribution in [-0.4, -0.2) is 51.0 Å². The van der Waals surface area contributed by atoms with E-state index in [1.165, 1.54) is 48.7 Å². The van der Waals surface area contributed by atoms with Gasteiger partial charge in [0.25, 0.3) is 0 Å². The maximum absolute atomic E-state index is 13.6. The van der Waals surface area contributed by atoms with Gasteiger partial charge in [-0.15, -0.1) is 10.2 Å². The van der Waals surface area contributed by atoms with E-state index in [0.29, 0.717) is 18.2 Å². The number of amides is 1. The van der Waals surface area contributed by atoms with Gasteiger partial charge < -0.3 is 5.32 Å². The van der Waals surface area contributed by atoms with Crippen molar-refractivity contribution < 1.29 is 9.18 Å². The van der Waals surface area contributed by atoms with Gasteiger partial charge in [0, 0.05) is 18.2 Å². The Hall–Kier alpha value is -2.71. The first-order valence-electron chi connectivity index (χ1n) is 12.0. The van der Waals surface area contributed by atoms with Gasteiger partial charge in [-0.3, -0.25) is 14.3 Å². The van der Waals surface area contributed by atoms with Crippen LogP contribution in [0.4, 0.5) is 4.39 Å². The summed E-state index contributed by atoms with van der Waals surface area (Å²) in [7, 11) is 0. The van der Waals surface area contributed by atoms with Crippen LogP contribution in [0, 0.1) is 5.82 Å². The second-order valence-corrected chi connectivity index (χ2v) is 9.60. The molecule has 6 nitrogen and oxygen atoms in total. The third kappa shape index (κ3) is 6.45. The molecule has 4 rings (SSSR count). The molecule has 1 fully saturated rings. The molecule has 1 aliphatic heterocycles. The molecule has 180 valence electrons. The number of carbonyl (C=O) groups excluding carboxylic acids is 1. The zero-order chi connectivity index (χ0) is 23.8. The molecule has 8 heteroatoms. The lowest BCUT2D eigenvalue weighted by molar-refractivity contribution is -0.118. The Bertz CT molecular complexity index is 1050. The van der Waals surface area contributed by atoms with Gasteiger partial charge in [0.2, 0.25) is 5.91 Å². The third-order valence-electron chi connectivity index (χ3n) is 6.24. The average Bonchev–Trinajstić information content (AvgIpc) is 3.27. The van der Waals surface area contributed by atoms with Gasteiger partial charge in [-0.1, -0.05) is 55.4 Å². The highest BCUT2D eigenvalue weighted by Crippen LogP contribution is 2.24. The first kappa shape index (κ1) is 24.4. The van der Waals surface area contributed by atoms with E-state index >= 15 is 0 Å². The summed E-state index contributed by atoms with van der Waals surface area (Å²) in [5.41, 5.74) is 2.04. The van der Waals surface area contributed by atoms with Gasteiger partial charge >= 0.3 is 0 Å². The number of hydrogen-bond donors (Lipinski definition) is 1. The number of nitrogens with one attached hydrogen (secondary N) is 1. The molecule has 1 aromatic heterocycles. The van der Waals surface area contributed by atoms with Crippen LogP contribution in [0.15, 0.2) is 59.8 Å². The number of carbonyl (C=O) groups is 1. The van der Waals surface area contributed by atoms with Crippen molar-refractivity contribution in [2.45, 2.75) is 50.2 Å². The van der Waals surface area contributed by atoms with Crippen molar-refractivity contribution in [2.75, 3.05) is 25.4 Å². The molecule has 1 N–H and O–H groups in total. The molecule has 34 heavy (non-hydrogen) atoms. The maximum atomic E-state index is 13.6. The normalized spacial score (nSPS) is 15.2. The second-order valence-electron chi connectivity index (χ2n) is 8.66. The van der Waals surface area contributed by atoms with Crippen molar-refractivity contribution in [1.82, 2.24) is 25.0 Å². The Morgan fingerprint density at radius 1 is 1.06 bits per heavy atom. The molecule has 0 bridgehead atoms. The van der Waals surface area contributed by atoms with Crippen molar-refractivity contribution in [3.8, 4) is 5.69 Å². The van der Waals surface area contributed by atoms with Crippen molar-refractivity contribution >= 4 is 17.7 Å². The first-order chi connectivity index (χ1) is 16.6. The van der Waals surface area contributed by atoms with E-state index in [0.717, 1.165) is 31.0 Å². The Morgan fingerprint density at radius 2 is 1.79 bits per heavy atom. The zero-order valence-corrected chi connectivity index (χ0v) is 20.4. The van der Waals surface area contributed by atoms with Gasteiger partial charge in [-0.05, 0) is 62.2 Å². The third-order valence-corrected chi connectivity index (χ3v) is 7.17. The minimum absolute atomic E-state index is 0.0365. The number of piperidine rings is 1. The van der Waals surface area contributed by atoms with Gasteiger partial charge in [0.05, 0.1) is 12.3 Å². The molecule has 2 heterocycles. The SMILES string of the molecule is CCC(CNC(=O)CSc1nnc(CN2CCCCC2)n1-c1ccc(F)cc1)c1ccccc1. The first-order valence-corrected chi connectivity index (χ1v) is 13.0. The number of rotatable bonds is 10. The Morgan fingerprint density at radius 3 is 2.50 bits per heavy atom. The number of aromatic nitrogens is 3. The van der Waals surface area contributed by atoms with Crippen LogP contribution in [0.2, 0.25) is 0 Å². The molecule has 0 saturated carbocycles. The molecule has 2 aromatic carbocycles. The lowest BCUT2D eigenvalue weighted by Gasteiger charge is -2.26. The van der Waals surface area contributed by atoms with Crippen molar-refractivity contribution in [1.29, 1.82) is 0 Å². The number of hydrogen-bond acceptors (Lipinski definition) is 5. The fraction of sp³-hybridized carbons (Fsp3) is 0.423. The predicted octanol–water partition coefficient (Wildman–Crippen LogP) is 4.79. The van der Waals surface area contributed by atoms with Crippen LogP contribution < -0.4 is 5.32 Å². The maximum Gasteiger partial charge on any atom is 0.230 e. The summed E-state index contributed by atoms with van der Waals surface area (Å²) < 4.78 is 15.5. The monoisotopic (exact) mass is 481 g/mol. The molecular weight excluding hydrogens is 449 g/mol. The lowest BCUT2D eigenvalue weighted by Crippen LogP contribution is -2.30. The quantitative estimate of drug-likeness (QED) is 0.422. The largest absolute Gasteiger partial charge is 0.355 e. The van der Waals surface area contributed by atoms with Crippen LogP contribution >= 0.6 is 11.8 Å². The molecule has 1 amide bonds. The summed E-state index contributed by atoms with van der Waals surface area (Å²) in [6.45, 7) is 5.51. The van der Waals surface area contributed by atoms with Crippen molar-refractivity contribution in [3.63, 3.8) is 0 Å². The molecule has 1 atom stereocenters. The molecule has 1 unspecified atom stereocenters. The van der Waals surface area contributed by atoms with E-state index in [1.807, 2.05) is 22.8 Å². The van der Waals surface area contributed by atoms with Crippen LogP contribution in [0.1, 0.15) is 49.9 Å². The summed E-state index contributed by atoms with van der Waals surface area (Å²) in [5, 5.41) is 12.5. The van der Waals surface area contributed by atoms with Crippen LogP contribution in [0.3, 0.4) is 0 Å². The fourth-order valence-corrected chi connectivity index (χ4v) is 5.11. The summed E-state index contributed by atoms with van der Waals surface area (Å²) in [6, 6.07) is 16.6. The number of halogens is 1. The molecular formula is C26H32FN5OS. The predicted molar refractivity (Wildman–Crippen MR) is 134 cm³/mol. The van der Waals surface area contributed by atoms with Crippen LogP contribution in [-0.2, 0) is 11.3 Å². The molecule has 1 saturated heterocycles. The van der Waals surface area contributed by atoms with Crippen molar-refractivity contribution in [3.05, 3.63) is 71.8 Å². The summed E-state index contributed by atoms with van der Waals surface area (Å²) in [6.07, 6.45) is 4.60. The number of likely N-dealkylation sites (tertiary alicyclic amines) is 1. The topological polar surface area (TPSA) is 63.1 Å². The number of nitrogens with zero attached hydrogens (tertiary/aromatic N) is 4. The number of thioether (sulfide) groups is 1. The molecule has 0 aliphatic carbocycles. The highest BCUT2D eigenvalue weighted by atomic mass is 32.2. The van der Waals surface area contributed by atoms with Gasteiger partial charge in [0.15, 0.2) is 11.0 Å². The van der Waals surface area contributed by atoms with Crippen molar-refractivity contribution in [2.24, 2.45) is 0 Å². The van der Waals surface area contributed by atoms with E-state index in [1.54, 1.807) is 12.1 Å². The van der Waals surface area contributed by atoms with E-state index in [-0.39, 0.29) is 23.4 Å². The average molecular weight is 482 g/mol. The molecule has 1 aliphatic rings. The minimum atomic E-state index is -0.285. The van der Waals surface area contributed by atoms with Gasteiger partial charge in [-0.2, -0.15) is 0 Å². The fourth-order valence-electron chi connectivity index (χ4n) is 4.30. The Kier molecular flexibility index (Phi) is 8.71. The van der Waals surface area contributed by atoms with Gasteiger partial charge in [0.1, 0.15) is 5.82 Å². The minimum Gasteiger partial charge on any atom is -0.355 e. The van der Waals surface area contributed by atoms with E-state index < -0.39 is 0 Å². The van der Waals surface area contributed by atoms with E-state index in [9.17, 15) is 9.18 Å². The molecule has 3 aromatic rings. The summed E-state index contributed by atoms with van der Waals surface area (Å²) in [4.78, 5) is 15.0. The zero-order valence-electron chi connectivity index (χ0n) is 19.6. The second kappa shape index (κ2) is 12.1. The highest BCUT2D eigenvalue weighted by Gasteiger charge is 2.20. The molecule has 0 radical (unpaired) electrons. The molecule has 0 spiro atoms. The smallest absolute Gasteiger partial charge is 0.230 e. The van der Waals surface area contributed by atoms with Gasteiger partial charge in [-0.25, -0.2) is 4.39 Å². The lowest BCUT2D eigenvalue weighted by atomic mass is 9.96. The Labute approximate surface area is 205 Å². The Balaban J connectivity index is 1.42. The standard InChI is InChI=1S/C26H32FN5OS/c1-2-20(21-9-5-3-6-10-21)17-28-25(33)19-34-26-30-29-24(18-31-15-7-4-8-16-31)32(26)23-13-11-22(27)12-14-23/h3,5-6,9-14,20H,2,4,7-8,15-19H2,1H3,(H,28,33). The van der Waals surface area contributed by atoms with Crippen LogP contribution in [0.5, 0.6) is 0 Å². The number of benzene rings is 2. The summed E-state index contributed by atoms with van der Waals surface area (Å²) >= 11 is 1.36. The highest BCUT2D eigenvalue weighted by molar-refractivity contribution is 7.99. The summed E-state index contributed by atoms with van der Waals surface area (Å²) in [5.74, 6) is 1.02. The van der Waals surface area contributed by atoms with E-state index in [2.05, 4.69) is 39.5 Å².